The molecule has 0 amide bonds. The molecule has 0 unspecified atom stereocenters. The van der Waals surface area contributed by atoms with Gasteiger partial charge in [-0.1, -0.05) is 6.58 Å². The summed E-state index contributed by atoms with van der Waals surface area (Å²) in [4.78, 5) is 6.10. The van der Waals surface area contributed by atoms with E-state index in [-0.39, 0.29) is 0 Å². The highest BCUT2D eigenvalue weighted by molar-refractivity contribution is 5.86. The van der Waals surface area contributed by atoms with Crippen molar-refractivity contribution in [1.29, 1.82) is 5.41 Å². The third-order valence-corrected chi connectivity index (χ3v) is 3.62. The lowest BCUT2D eigenvalue weighted by Gasteiger charge is -2.33. The van der Waals surface area contributed by atoms with Crippen LogP contribution in [0, 0.1) is 5.41 Å². The molecule has 5 heteroatoms. The molecule has 0 spiro atoms. The van der Waals surface area contributed by atoms with Crippen LogP contribution in [-0.2, 0) is 0 Å². The van der Waals surface area contributed by atoms with E-state index in [0.29, 0.717) is 5.57 Å². The smallest absolute Gasteiger partial charge is 0.0492 e. The average Bonchev–Trinajstić information content (AvgIpc) is 2.51. The Kier molecular flexibility index (Phi) is 5.26. The van der Waals surface area contributed by atoms with E-state index in [1.54, 1.807) is 18.6 Å². The molecular weight excluding hydrogens is 262 g/mol. The Bertz CT molecular complexity index is 545. The zero-order chi connectivity index (χ0) is 15.1. The number of nitrogens with zero attached hydrogens (tertiary/aromatic N) is 3. The Morgan fingerprint density at radius 2 is 2.14 bits per heavy atom. The van der Waals surface area contributed by atoms with E-state index < -0.39 is 0 Å². The van der Waals surface area contributed by atoms with E-state index >= 15 is 0 Å². The highest BCUT2D eigenvalue weighted by Gasteiger charge is 2.19. The molecule has 0 aromatic heterocycles. The van der Waals surface area contributed by atoms with Crippen LogP contribution in [0.4, 0.5) is 0 Å². The predicted molar refractivity (Wildman–Crippen MR) is 88.8 cm³/mol. The maximum atomic E-state index is 7.56. The van der Waals surface area contributed by atoms with Gasteiger partial charge in [-0.3, -0.25) is 10.4 Å². The van der Waals surface area contributed by atoms with E-state index in [1.807, 2.05) is 6.08 Å². The molecule has 0 saturated carbocycles. The fourth-order valence-corrected chi connectivity index (χ4v) is 2.55. The number of hydrogen-bond acceptors (Lipinski definition) is 5. The largest absolute Gasteiger partial charge is 0.371 e. The van der Waals surface area contributed by atoms with Crippen molar-refractivity contribution < 1.29 is 0 Å². The van der Waals surface area contributed by atoms with Gasteiger partial charge in [-0.05, 0) is 32.1 Å². The number of hydrogen-bond donors (Lipinski definition) is 2. The second-order valence-corrected chi connectivity index (χ2v) is 4.95. The number of allylic oxidation sites excluding steroid dienone is 3. The number of rotatable bonds is 4. The lowest BCUT2D eigenvalue weighted by Crippen LogP contribution is -2.30. The van der Waals surface area contributed by atoms with Gasteiger partial charge in [0.1, 0.15) is 0 Å². The summed E-state index contributed by atoms with van der Waals surface area (Å²) in [6, 6.07) is 0. The third kappa shape index (κ3) is 3.56. The van der Waals surface area contributed by atoms with E-state index in [0.717, 1.165) is 29.9 Å². The standard InChI is InChI=1S/C16H21N5/c1-13-15(14(10-17)11-18-2)12-20-19-7-6-16(13)21-8-4-3-5-9-21/h6-7,10-12,17,20H,1-5,8-9H2/b14-11+,15-12+,16-6+,17-10?,19-7-. The summed E-state index contributed by atoms with van der Waals surface area (Å²) in [5.74, 6) is 0. The summed E-state index contributed by atoms with van der Waals surface area (Å²) in [5.41, 5.74) is 6.24. The SMILES string of the molecule is C=N/C=C(C=N)/C1=C/N/N=C\C=C(\N2CCCCC2)C1=C. The molecule has 2 rings (SSSR count). The lowest BCUT2D eigenvalue weighted by atomic mass is 9.96. The van der Waals surface area contributed by atoms with Gasteiger partial charge in [0, 0.05) is 60.3 Å². The molecule has 2 heterocycles. The van der Waals surface area contributed by atoms with E-state index in [2.05, 4.69) is 33.7 Å². The minimum absolute atomic E-state index is 0.655. The Labute approximate surface area is 125 Å². The Hall–Kier alpha value is -2.43. The lowest BCUT2D eigenvalue weighted by molar-refractivity contribution is 0.291. The Morgan fingerprint density at radius 3 is 2.81 bits per heavy atom. The Balaban J connectivity index is 2.35. The van der Waals surface area contributed by atoms with E-state index in [1.165, 1.54) is 25.5 Å². The quantitative estimate of drug-likeness (QED) is 0.779. The van der Waals surface area contributed by atoms with Crippen LogP contribution < -0.4 is 5.43 Å². The molecule has 2 N–H and O–H groups in total. The van der Waals surface area contributed by atoms with Crippen LogP contribution in [0.25, 0.3) is 0 Å². The molecule has 0 aromatic carbocycles. The zero-order valence-electron chi connectivity index (χ0n) is 12.2. The van der Waals surface area contributed by atoms with Crippen molar-refractivity contribution in [3.63, 3.8) is 0 Å². The first-order valence-corrected chi connectivity index (χ1v) is 7.08. The van der Waals surface area contributed by atoms with Crippen molar-refractivity contribution >= 4 is 19.1 Å². The molecule has 110 valence electrons. The van der Waals surface area contributed by atoms with Crippen LogP contribution in [0.3, 0.4) is 0 Å². The first-order valence-electron chi connectivity index (χ1n) is 7.08. The van der Waals surface area contributed by atoms with Gasteiger partial charge in [-0.25, -0.2) is 0 Å². The van der Waals surface area contributed by atoms with Gasteiger partial charge in [0.2, 0.25) is 0 Å². The van der Waals surface area contributed by atoms with E-state index in [4.69, 9.17) is 5.41 Å². The molecular formula is C16H21N5. The molecule has 1 fully saturated rings. The van der Waals surface area contributed by atoms with Gasteiger partial charge < -0.3 is 10.3 Å². The van der Waals surface area contributed by atoms with Gasteiger partial charge in [0.15, 0.2) is 0 Å². The highest BCUT2D eigenvalue weighted by atomic mass is 15.3. The van der Waals surface area contributed by atoms with Gasteiger partial charge >= 0.3 is 0 Å². The van der Waals surface area contributed by atoms with Crippen molar-refractivity contribution in [1.82, 2.24) is 10.3 Å². The van der Waals surface area contributed by atoms with Crippen LogP contribution in [0.15, 0.2) is 57.6 Å². The molecule has 21 heavy (non-hydrogen) atoms. The molecule has 0 aliphatic carbocycles. The first-order chi connectivity index (χ1) is 10.3. The first kappa shape index (κ1) is 15.0. The molecule has 0 radical (unpaired) electrons. The summed E-state index contributed by atoms with van der Waals surface area (Å²) in [6.07, 6.45) is 11.9. The topological polar surface area (TPSA) is 63.8 Å². The molecule has 5 nitrogen and oxygen atoms in total. The van der Waals surface area contributed by atoms with Crippen LogP contribution in [0.2, 0.25) is 0 Å². The fourth-order valence-electron chi connectivity index (χ4n) is 2.55. The van der Waals surface area contributed by atoms with Crippen LogP contribution in [-0.4, -0.2) is 37.1 Å². The minimum Gasteiger partial charge on any atom is -0.371 e. The molecule has 1 saturated heterocycles. The summed E-state index contributed by atoms with van der Waals surface area (Å²) < 4.78 is 0. The van der Waals surface area contributed by atoms with Gasteiger partial charge in [-0.2, -0.15) is 5.10 Å². The summed E-state index contributed by atoms with van der Waals surface area (Å²) in [7, 11) is 0. The number of nitrogens with one attached hydrogen (secondary N) is 2. The van der Waals surface area contributed by atoms with Gasteiger partial charge in [-0.15, -0.1) is 0 Å². The number of hydrazone groups is 1. The fraction of sp³-hybridized carbons (Fsp3) is 0.312. The maximum Gasteiger partial charge on any atom is 0.0492 e. The van der Waals surface area contributed by atoms with Crippen LogP contribution >= 0.6 is 0 Å². The minimum atomic E-state index is 0.655. The molecule has 0 atom stereocenters. The summed E-state index contributed by atoms with van der Waals surface area (Å²) >= 11 is 0. The highest BCUT2D eigenvalue weighted by Crippen LogP contribution is 2.28. The molecule has 0 bridgehead atoms. The van der Waals surface area contributed by atoms with Gasteiger partial charge in [0.05, 0.1) is 0 Å². The second kappa shape index (κ2) is 7.38. The Morgan fingerprint density at radius 1 is 1.38 bits per heavy atom. The molecule has 0 aromatic rings. The van der Waals surface area contributed by atoms with Crippen LogP contribution in [0.5, 0.6) is 0 Å². The number of piperidine rings is 1. The summed E-state index contributed by atoms with van der Waals surface area (Å²) in [5, 5.41) is 11.7. The zero-order valence-corrected chi connectivity index (χ0v) is 12.2. The van der Waals surface area contributed by atoms with Crippen molar-refractivity contribution in [2.75, 3.05) is 13.1 Å². The average molecular weight is 283 g/mol. The molecule has 2 aliphatic heterocycles. The number of aliphatic imine (C=N–C) groups is 1. The second-order valence-electron chi connectivity index (χ2n) is 4.95. The predicted octanol–water partition coefficient (Wildman–Crippen LogP) is 2.62. The van der Waals surface area contributed by atoms with E-state index in [9.17, 15) is 0 Å². The molecule has 2 aliphatic rings. The monoisotopic (exact) mass is 283 g/mol. The van der Waals surface area contributed by atoms with Gasteiger partial charge in [0.25, 0.3) is 0 Å². The van der Waals surface area contributed by atoms with Crippen molar-refractivity contribution in [2.24, 2.45) is 10.1 Å². The maximum absolute atomic E-state index is 7.56. The normalized spacial score (nSPS) is 26.4. The van der Waals surface area contributed by atoms with Crippen LogP contribution in [0.1, 0.15) is 19.3 Å². The van der Waals surface area contributed by atoms with Crippen molar-refractivity contribution in [3.05, 3.63) is 47.5 Å². The van der Waals surface area contributed by atoms with Crippen molar-refractivity contribution in [2.45, 2.75) is 19.3 Å². The number of likely N-dealkylation sites (tertiary alicyclic amines) is 1. The third-order valence-electron chi connectivity index (χ3n) is 3.62. The van der Waals surface area contributed by atoms with Crippen molar-refractivity contribution in [3.8, 4) is 0 Å². The summed E-state index contributed by atoms with van der Waals surface area (Å²) in [6.45, 7) is 9.74.